The molecule has 0 bridgehead atoms. The molecule has 1 unspecified atom stereocenters. The Kier molecular flexibility index (Phi) is 10.1. The minimum Gasteiger partial charge on any atom is -0.494 e. The number of carbonyl (C=O) groups is 1. The van der Waals surface area contributed by atoms with Gasteiger partial charge >= 0.3 is 0 Å². The number of nitrogens with zero attached hydrogens (tertiary/aromatic N) is 1. The van der Waals surface area contributed by atoms with Crippen molar-refractivity contribution in [2.24, 2.45) is 11.3 Å². The van der Waals surface area contributed by atoms with Crippen molar-refractivity contribution in [1.82, 2.24) is 14.9 Å². The van der Waals surface area contributed by atoms with E-state index in [1.54, 1.807) is 13.8 Å². The number of allylic oxidation sites excluding steroid dienone is 1. The van der Waals surface area contributed by atoms with Crippen LogP contribution in [0.25, 0.3) is 0 Å². The molecule has 0 spiro atoms. The summed E-state index contributed by atoms with van der Waals surface area (Å²) in [4.78, 5) is 12.7. The maximum absolute atomic E-state index is 12.7. The lowest BCUT2D eigenvalue weighted by Crippen LogP contribution is -2.54. The predicted molar refractivity (Wildman–Crippen MR) is 131 cm³/mol. The van der Waals surface area contributed by atoms with Crippen molar-refractivity contribution in [3.8, 4) is 0 Å². The van der Waals surface area contributed by atoms with Crippen LogP contribution in [0.3, 0.4) is 0 Å². The van der Waals surface area contributed by atoms with Gasteiger partial charge in [-0.05, 0) is 51.9 Å². The molecule has 196 valence electrons. The van der Waals surface area contributed by atoms with Crippen LogP contribution < -0.4 is 10.6 Å². The molecular formula is C23H42N4O6S. The fraction of sp³-hybridized carbons (Fsp3) is 0.826. The van der Waals surface area contributed by atoms with Crippen LogP contribution >= 0.6 is 0 Å². The highest BCUT2D eigenvalue weighted by atomic mass is 32.2. The van der Waals surface area contributed by atoms with E-state index in [-0.39, 0.29) is 24.5 Å². The van der Waals surface area contributed by atoms with Crippen molar-refractivity contribution in [2.45, 2.75) is 71.6 Å². The monoisotopic (exact) mass is 502 g/mol. The van der Waals surface area contributed by atoms with Gasteiger partial charge in [0, 0.05) is 43.4 Å². The highest BCUT2D eigenvalue weighted by Gasteiger charge is 2.32. The second-order valence-electron chi connectivity index (χ2n) is 10.5. The van der Waals surface area contributed by atoms with Crippen molar-refractivity contribution in [1.29, 1.82) is 5.41 Å². The van der Waals surface area contributed by atoms with E-state index in [9.17, 15) is 18.3 Å². The number of ether oxygens (including phenoxy) is 2. The average Bonchev–Trinajstić information content (AvgIpc) is 2.76. The number of hydrogen-bond acceptors (Lipinski definition) is 8. The van der Waals surface area contributed by atoms with Gasteiger partial charge in [0.25, 0.3) is 0 Å². The molecule has 2 heterocycles. The van der Waals surface area contributed by atoms with E-state index >= 15 is 0 Å². The number of amides is 1. The van der Waals surface area contributed by atoms with Gasteiger partial charge in [0.15, 0.2) is 12.2 Å². The first-order valence-corrected chi connectivity index (χ1v) is 13.8. The number of sulfonamides is 1. The summed E-state index contributed by atoms with van der Waals surface area (Å²) in [5, 5.41) is 24.3. The second kappa shape index (κ2) is 11.9. The van der Waals surface area contributed by atoms with Crippen LogP contribution in [0.2, 0.25) is 0 Å². The maximum atomic E-state index is 12.7. The molecule has 0 saturated carbocycles. The molecule has 2 saturated heterocycles. The van der Waals surface area contributed by atoms with E-state index in [4.69, 9.17) is 14.9 Å². The minimum atomic E-state index is -3.23. The zero-order valence-electron chi connectivity index (χ0n) is 21.1. The third-order valence-electron chi connectivity index (χ3n) is 6.37. The molecular weight excluding hydrogens is 460 g/mol. The van der Waals surface area contributed by atoms with Crippen molar-refractivity contribution in [3.63, 3.8) is 0 Å². The Hall–Kier alpha value is -1.53. The van der Waals surface area contributed by atoms with Crippen LogP contribution in [-0.2, 0) is 24.3 Å². The molecule has 0 aromatic carbocycles. The molecule has 0 aliphatic carbocycles. The Labute approximate surface area is 204 Å². The first-order chi connectivity index (χ1) is 15.7. The highest BCUT2D eigenvalue weighted by molar-refractivity contribution is 7.88. The molecule has 4 N–H and O–H groups in total. The number of hydrogen-bond donors (Lipinski definition) is 4. The van der Waals surface area contributed by atoms with E-state index in [1.807, 2.05) is 13.8 Å². The topological polar surface area (TPSA) is 141 Å². The lowest BCUT2D eigenvalue weighted by Gasteiger charge is -2.33. The van der Waals surface area contributed by atoms with Gasteiger partial charge in [-0.3, -0.25) is 10.1 Å². The first kappa shape index (κ1) is 28.7. The first-order valence-electron chi connectivity index (χ1n) is 12.0. The summed E-state index contributed by atoms with van der Waals surface area (Å²) in [6.07, 6.45) is 6.74. The number of rotatable bonds is 11. The normalized spacial score (nSPS) is 23.5. The third-order valence-corrected chi connectivity index (χ3v) is 7.64. The van der Waals surface area contributed by atoms with Crippen LogP contribution in [0, 0.1) is 16.7 Å². The summed E-state index contributed by atoms with van der Waals surface area (Å²) < 4.78 is 36.5. The van der Waals surface area contributed by atoms with Crippen LogP contribution in [0.1, 0.15) is 59.8 Å². The SMILES string of the molecule is CC(C)(COC1CCCCO1)C(=N)/C=C(\O)NC(=O)C(C)(C)NC[C@@H]1CCCN(S(C)(=O)=O)C1. The number of nitrogens with one attached hydrogen (secondary N) is 3. The number of carbonyl (C=O) groups excluding carboxylic acids is 1. The molecule has 10 nitrogen and oxygen atoms in total. The number of aliphatic hydroxyl groups excluding tert-OH is 1. The summed E-state index contributed by atoms with van der Waals surface area (Å²) in [7, 11) is -3.23. The van der Waals surface area contributed by atoms with E-state index in [0.29, 0.717) is 26.2 Å². The van der Waals surface area contributed by atoms with E-state index < -0.39 is 32.8 Å². The fourth-order valence-corrected chi connectivity index (χ4v) is 4.78. The second-order valence-corrected chi connectivity index (χ2v) is 12.5. The molecule has 2 aliphatic rings. The van der Waals surface area contributed by atoms with Gasteiger partial charge in [-0.25, -0.2) is 12.7 Å². The van der Waals surface area contributed by atoms with E-state index in [2.05, 4.69) is 10.6 Å². The zero-order chi connectivity index (χ0) is 25.6. The van der Waals surface area contributed by atoms with Crippen LogP contribution in [0.4, 0.5) is 0 Å². The summed E-state index contributed by atoms with van der Waals surface area (Å²) in [6.45, 7) is 9.41. The maximum Gasteiger partial charge on any atom is 0.246 e. The molecule has 2 rings (SSSR count). The van der Waals surface area contributed by atoms with Gasteiger partial charge in [-0.1, -0.05) is 13.8 Å². The lowest BCUT2D eigenvalue weighted by molar-refractivity contribution is -0.171. The van der Waals surface area contributed by atoms with Crippen LogP contribution in [-0.4, -0.2) is 80.4 Å². The average molecular weight is 503 g/mol. The molecule has 0 radical (unpaired) electrons. The lowest BCUT2D eigenvalue weighted by atomic mass is 9.88. The van der Waals surface area contributed by atoms with Crippen molar-refractivity contribution >= 4 is 21.6 Å². The Morgan fingerprint density at radius 3 is 2.56 bits per heavy atom. The van der Waals surface area contributed by atoms with Gasteiger partial charge in [-0.2, -0.15) is 0 Å². The van der Waals surface area contributed by atoms with Crippen molar-refractivity contribution in [3.05, 3.63) is 12.0 Å². The fourth-order valence-electron chi connectivity index (χ4n) is 3.84. The molecule has 34 heavy (non-hydrogen) atoms. The summed E-state index contributed by atoms with van der Waals surface area (Å²) in [5.41, 5.74) is -1.57. The molecule has 0 aromatic heterocycles. The minimum absolute atomic E-state index is 0.0989. The Morgan fingerprint density at radius 2 is 1.94 bits per heavy atom. The molecule has 2 atom stereocenters. The zero-order valence-corrected chi connectivity index (χ0v) is 22.0. The standard InChI is InChI=1S/C23H42N4O6S/c1-22(2,16-33-20-10-6-7-12-32-20)18(24)13-19(28)26-21(29)23(3,4)25-14-17-9-8-11-27(15-17)34(5,30)31/h13,17,20,24-25,28H,6-12,14-16H2,1-5H3,(H,26,29)/b19-13-,24-18?/t17-,20?/m0/s1. The van der Waals surface area contributed by atoms with Gasteiger partial charge in [0.1, 0.15) is 0 Å². The molecule has 11 heteroatoms. The van der Waals surface area contributed by atoms with Crippen LogP contribution in [0.15, 0.2) is 12.0 Å². The molecule has 2 aliphatic heterocycles. The van der Waals surface area contributed by atoms with Crippen LogP contribution in [0.5, 0.6) is 0 Å². The largest absolute Gasteiger partial charge is 0.494 e. The molecule has 1 amide bonds. The summed E-state index contributed by atoms with van der Waals surface area (Å²) in [5.74, 6) is -0.760. The van der Waals surface area contributed by atoms with Crippen molar-refractivity contribution < 1.29 is 27.8 Å². The van der Waals surface area contributed by atoms with Gasteiger partial charge in [0.05, 0.1) is 18.4 Å². The Balaban J connectivity index is 1.85. The number of piperidine rings is 1. The molecule has 2 fully saturated rings. The number of aliphatic hydroxyl groups is 1. The molecule has 0 aromatic rings. The third kappa shape index (κ3) is 8.92. The van der Waals surface area contributed by atoms with Crippen molar-refractivity contribution in [2.75, 3.05) is 39.1 Å². The summed E-state index contributed by atoms with van der Waals surface area (Å²) in [6, 6.07) is 0. The Morgan fingerprint density at radius 1 is 1.24 bits per heavy atom. The van der Waals surface area contributed by atoms with Gasteiger partial charge in [-0.15, -0.1) is 0 Å². The quantitative estimate of drug-likeness (QED) is 0.250. The summed E-state index contributed by atoms with van der Waals surface area (Å²) >= 11 is 0. The van der Waals surface area contributed by atoms with E-state index in [1.165, 1.54) is 16.6 Å². The predicted octanol–water partition coefficient (Wildman–Crippen LogP) is 2.13. The Bertz CT molecular complexity index is 850. The van der Waals surface area contributed by atoms with Gasteiger partial charge < -0.3 is 25.3 Å². The smallest absolute Gasteiger partial charge is 0.246 e. The van der Waals surface area contributed by atoms with E-state index in [0.717, 1.165) is 32.1 Å². The van der Waals surface area contributed by atoms with Gasteiger partial charge in [0.2, 0.25) is 15.9 Å². The highest BCUT2D eigenvalue weighted by Crippen LogP contribution is 2.23.